The summed E-state index contributed by atoms with van der Waals surface area (Å²) in [6.07, 6.45) is 11.4. The topological polar surface area (TPSA) is 171 Å². The number of carbonyl (C=O) groups is 5. The lowest BCUT2D eigenvalue weighted by atomic mass is 9.83. The van der Waals surface area contributed by atoms with E-state index in [1.165, 1.54) is 11.0 Å². The first-order valence-electron chi connectivity index (χ1n) is 19.4. The molecule has 4 atom stereocenters. The molecule has 1 heterocycles. The number of terminal acetylenes is 1. The molecule has 12 nitrogen and oxygen atoms in total. The Bertz CT molecular complexity index is 1780. The van der Waals surface area contributed by atoms with Gasteiger partial charge in [-0.1, -0.05) is 75.6 Å². The van der Waals surface area contributed by atoms with Gasteiger partial charge in [-0.25, -0.2) is 13.2 Å². The lowest BCUT2D eigenvalue weighted by Gasteiger charge is -2.40. The molecule has 5 amide bonds. The van der Waals surface area contributed by atoms with E-state index in [1.54, 1.807) is 20.8 Å². The summed E-state index contributed by atoms with van der Waals surface area (Å²) < 4.78 is 26.0. The number of fused-ring (bicyclic) bond motifs is 1. The number of sulfone groups is 1. The van der Waals surface area contributed by atoms with Crippen molar-refractivity contribution in [2.24, 2.45) is 17.8 Å². The van der Waals surface area contributed by atoms with Gasteiger partial charge in [0, 0.05) is 25.4 Å². The van der Waals surface area contributed by atoms with Crippen LogP contribution in [0, 0.1) is 30.1 Å². The van der Waals surface area contributed by atoms with Crippen LogP contribution in [-0.4, -0.2) is 90.1 Å². The Labute approximate surface area is 327 Å². The molecule has 1 saturated carbocycles. The van der Waals surface area contributed by atoms with E-state index < -0.39 is 73.7 Å². The number of hydrogen-bond donors (Lipinski definition) is 4. The Morgan fingerprint density at radius 1 is 1.04 bits per heavy atom. The molecule has 0 spiro atoms. The van der Waals surface area contributed by atoms with E-state index in [2.05, 4.69) is 40.3 Å². The second kappa shape index (κ2) is 18.0. The van der Waals surface area contributed by atoms with Crippen molar-refractivity contribution < 1.29 is 32.4 Å². The van der Waals surface area contributed by atoms with Gasteiger partial charge >= 0.3 is 6.03 Å². The Kier molecular flexibility index (Phi) is 14.2. The molecular formula is C42H59N5O7S. The Balaban J connectivity index is 1.68. The summed E-state index contributed by atoms with van der Waals surface area (Å²) in [5.74, 6) is -1.67. The van der Waals surface area contributed by atoms with Crippen LogP contribution >= 0.6 is 0 Å². The molecule has 300 valence electrons. The van der Waals surface area contributed by atoms with Crippen molar-refractivity contribution in [2.45, 2.75) is 121 Å². The second-order valence-electron chi connectivity index (χ2n) is 16.7. The molecule has 0 aromatic heterocycles. The smallest absolute Gasteiger partial charge is 0.315 e. The first-order valence-corrected chi connectivity index (χ1v) is 21.0. The summed E-state index contributed by atoms with van der Waals surface area (Å²) in [4.78, 5) is 70.8. The predicted octanol–water partition coefficient (Wildman–Crippen LogP) is 3.79. The minimum absolute atomic E-state index is 0.00785. The predicted molar refractivity (Wildman–Crippen MR) is 213 cm³/mol. The summed E-state index contributed by atoms with van der Waals surface area (Å²) >= 11 is 0. The lowest BCUT2D eigenvalue weighted by molar-refractivity contribution is -0.144. The van der Waals surface area contributed by atoms with E-state index in [9.17, 15) is 32.4 Å². The van der Waals surface area contributed by atoms with Crippen LogP contribution in [0.15, 0.2) is 49.1 Å². The van der Waals surface area contributed by atoms with Gasteiger partial charge in [0.15, 0.2) is 9.84 Å². The third-order valence-electron chi connectivity index (χ3n) is 11.3. The van der Waals surface area contributed by atoms with Crippen LogP contribution in [0.1, 0.15) is 90.7 Å². The van der Waals surface area contributed by atoms with Crippen molar-refractivity contribution in [3.63, 3.8) is 0 Å². The monoisotopic (exact) mass is 777 g/mol. The van der Waals surface area contributed by atoms with Crippen LogP contribution in [0.2, 0.25) is 0 Å². The molecule has 13 heteroatoms. The number of amides is 5. The largest absolute Gasteiger partial charge is 0.346 e. The van der Waals surface area contributed by atoms with Crippen LogP contribution in [-0.2, 0) is 41.9 Å². The molecule has 0 bridgehead atoms. The highest BCUT2D eigenvalue weighted by Crippen LogP contribution is 2.37. The molecule has 55 heavy (non-hydrogen) atoms. The number of carbonyl (C=O) groups excluding carboxylic acids is 5. The highest BCUT2D eigenvalue weighted by molar-refractivity contribution is 7.92. The van der Waals surface area contributed by atoms with E-state index in [-0.39, 0.29) is 43.5 Å². The average molecular weight is 778 g/mol. The molecular weight excluding hydrogens is 719 g/mol. The third kappa shape index (κ3) is 10.3. The van der Waals surface area contributed by atoms with Crippen molar-refractivity contribution >= 4 is 39.4 Å². The number of rotatable bonds is 15. The van der Waals surface area contributed by atoms with Gasteiger partial charge in [0.1, 0.15) is 12.1 Å². The van der Waals surface area contributed by atoms with Gasteiger partial charge in [0.25, 0.3) is 5.91 Å². The van der Waals surface area contributed by atoms with Crippen molar-refractivity contribution in [3.05, 3.63) is 60.2 Å². The second-order valence-corrected chi connectivity index (χ2v) is 19.5. The van der Waals surface area contributed by atoms with Crippen LogP contribution < -0.4 is 21.3 Å². The summed E-state index contributed by atoms with van der Waals surface area (Å²) in [5, 5.41) is 11.2. The summed E-state index contributed by atoms with van der Waals surface area (Å²) in [5.41, 5.74) is 1.74. The fraction of sp³-hybridized carbons (Fsp3) is 0.595. The molecule has 1 aromatic rings. The Hall–Kier alpha value is -4.44. The normalized spacial score (nSPS) is 20.8. The molecule has 4 rings (SSSR count). The molecule has 0 radical (unpaired) electrons. The zero-order chi connectivity index (χ0) is 40.7. The van der Waals surface area contributed by atoms with Gasteiger partial charge in [0.05, 0.1) is 22.1 Å². The SMILES string of the molecule is C#CCCC(NC(=O)C1C(C(C)C)C(=C)CN1C(=O)[C@@H](NC(=O)NC1(CS(=O)(=O)C(C)(C)C)CCCCC1)C1Cc2ccccc2C1)C(=O)C(=O)NCC=C. The van der Waals surface area contributed by atoms with E-state index in [0.717, 1.165) is 30.4 Å². The first kappa shape index (κ1) is 43.3. The van der Waals surface area contributed by atoms with Gasteiger partial charge in [-0.3, -0.25) is 19.2 Å². The van der Waals surface area contributed by atoms with Crippen molar-refractivity contribution in [1.29, 1.82) is 0 Å². The maximum atomic E-state index is 15.0. The van der Waals surface area contributed by atoms with E-state index >= 15 is 0 Å². The molecule has 1 aromatic carbocycles. The van der Waals surface area contributed by atoms with Crippen LogP contribution in [0.4, 0.5) is 4.79 Å². The minimum atomic E-state index is -3.62. The van der Waals surface area contributed by atoms with Crippen molar-refractivity contribution in [3.8, 4) is 12.3 Å². The van der Waals surface area contributed by atoms with Gasteiger partial charge in [0.2, 0.25) is 17.6 Å². The summed E-state index contributed by atoms with van der Waals surface area (Å²) in [7, 11) is -3.62. The molecule has 3 aliphatic rings. The number of likely N-dealkylation sites (tertiary alicyclic amines) is 1. The molecule has 1 saturated heterocycles. The number of Topliss-reactive ketones (excluding diaryl/α,β-unsaturated/α-hetero) is 1. The average Bonchev–Trinajstić information content (AvgIpc) is 3.71. The molecule has 2 aliphatic carbocycles. The summed E-state index contributed by atoms with van der Waals surface area (Å²) in [6, 6.07) is 3.75. The Morgan fingerprint density at radius 3 is 2.20 bits per heavy atom. The molecule has 4 N–H and O–H groups in total. The number of urea groups is 1. The molecule has 3 unspecified atom stereocenters. The van der Waals surface area contributed by atoms with E-state index in [1.807, 2.05) is 38.1 Å². The zero-order valence-electron chi connectivity index (χ0n) is 33.0. The van der Waals surface area contributed by atoms with Gasteiger partial charge in [-0.05, 0) is 75.8 Å². The zero-order valence-corrected chi connectivity index (χ0v) is 33.9. The van der Waals surface area contributed by atoms with Crippen molar-refractivity contribution in [1.82, 2.24) is 26.2 Å². The number of nitrogens with zero attached hydrogens (tertiary/aromatic N) is 1. The standard InChI is InChI=1S/C42H59N5O7S/c1-9-11-19-32(36(48)38(50)43-22-10-2)44-37(49)35-33(27(3)4)28(5)25-47(35)39(51)34(31-23-29-17-13-14-18-30(29)24-31)45-40(52)46-42(20-15-12-16-21-42)26-55(53,54)41(6,7)8/h1,10,13-14,17-18,27,31-35H,2,5,11-12,15-16,19-26H2,3-4,6-8H3,(H,43,50)(H,44,49)(H2,45,46,52)/t32?,33?,34-,35?/m0/s1. The van der Waals surface area contributed by atoms with Gasteiger partial charge in [-0.15, -0.1) is 18.9 Å². The van der Waals surface area contributed by atoms with Gasteiger partial charge in [-0.2, -0.15) is 0 Å². The van der Waals surface area contributed by atoms with Crippen LogP contribution in [0.5, 0.6) is 0 Å². The van der Waals surface area contributed by atoms with E-state index in [0.29, 0.717) is 31.3 Å². The van der Waals surface area contributed by atoms with Crippen LogP contribution in [0.25, 0.3) is 0 Å². The Morgan fingerprint density at radius 2 is 1.65 bits per heavy atom. The summed E-state index contributed by atoms with van der Waals surface area (Å²) in [6.45, 7) is 16.7. The maximum absolute atomic E-state index is 15.0. The number of benzene rings is 1. The third-order valence-corrected chi connectivity index (χ3v) is 14.1. The quantitative estimate of drug-likeness (QED) is 0.119. The van der Waals surface area contributed by atoms with Gasteiger partial charge < -0.3 is 26.2 Å². The molecule has 1 aliphatic heterocycles. The fourth-order valence-corrected chi connectivity index (χ4v) is 9.80. The highest BCUT2D eigenvalue weighted by Gasteiger charge is 2.50. The first-order chi connectivity index (χ1) is 25.8. The minimum Gasteiger partial charge on any atom is -0.346 e. The fourth-order valence-electron chi connectivity index (χ4n) is 8.28. The number of nitrogens with one attached hydrogen (secondary N) is 4. The number of hydrogen-bond acceptors (Lipinski definition) is 7. The lowest BCUT2D eigenvalue weighted by Crippen LogP contribution is -2.63. The van der Waals surface area contributed by atoms with Crippen molar-refractivity contribution in [2.75, 3.05) is 18.8 Å². The van der Waals surface area contributed by atoms with Crippen LogP contribution in [0.3, 0.4) is 0 Å². The highest BCUT2D eigenvalue weighted by atomic mass is 32.2. The number of ketones is 1. The molecule has 2 fully saturated rings. The maximum Gasteiger partial charge on any atom is 0.315 e. The van der Waals surface area contributed by atoms with E-state index in [4.69, 9.17) is 6.42 Å².